The summed E-state index contributed by atoms with van der Waals surface area (Å²) in [5, 5.41) is 3.25. The Morgan fingerprint density at radius 2 is 2.16 bits per heavy atom. The molecule has 0 amide bonds. The number of aromatic nitrogens is 1. The predicted octanol–water partition coefficient (Wildman–Crippen LogP) is 3.69. The Kier molecular flexibility index (Phi) is 3.40. The number of nitrogens with one attached hydrogen (secondary N) is 1. The van der Waals surface area contributed by atoms with Gasteiger partial charge in [-0.05, 0) is 41.2 Å². The molecule has 0 aliphatic carbocycles. The number of rotatable bonds is 4. The molecule has 0 spiro atoms. The molecule has 0 saturated carbocycles. The lowest BCUT2D eigenvalue weighted by atomic mass is 10.1. The number of nitrogens with zero attached hydrogens (tertiary/aromatic N) is 1. The van der Waals surface area contributed by atoms with E-state index in [4.69, 9.17) is 8.83 Å². The number of furan rings is 1. The van der Waals surface area contributed by atoms with E-state index >= 15 is 0 Å². The number of hydrogen-bond donors (Lipinski definition) is 1. The lowest BCUT2D eigenvalue weighted by Gasteiger charge is -2.12. The van der Waals surface area contributed by atoms with Gasteiger partial charge in [-0.25, -0.2) is 4.98 Å². The number of benzene rings is 1. The maximum atomic E-state index is 5.74. The second kappa shape index (κ2) is 5.19. The Hall–Kier alpha value is -1.59. The van der Waals surface area contributed by atoms with Crippen LogP contribution in [0.2, 0.25) is 0 Å². The van der Waals surface area contributed by atoms with Gasteiger partial charge in [0.05, 0.1) is 6.26 Å². The van der Waals surface area contributed by atoms with E-state index in [1.807, 2.05) is 37.4 Å². The fraction of sp³-hybridized carbons (Fsp3) is 0.214. The van der Waals surface area contributed by atoms with Gasteiger partial charge in [0.15, 0.2) is 16.1 Å². The van der Waals surface area contributed by atoms with Crippen LogP contribution in [-0.2, 0) is 6.42 Å². The minimum absolute atomic E-state index is 0.0983. The highest BCUT2D eigenvalue weighted by Gasteiger charge is 2.18. The third-order valence-corrected chi connectivity index (χ3v) is 3.73. The van der Waals surface area contributed by atoms with Crippen molar-refractivity contribution in [1.29, 1.82) is 0 Å². The molecule has 0 bridgehead atoms. The monoisotopic (exact) mass is 320 g/mol. The topological polar surface area (TPSA) is 51.2 Å². The van der Waals surface area contributed by atoms with Gasteiger partial charge in [0.2, 0.25) is 0 Å². The summed E-state index contributed by atoms with van der Waals surface area (Å²) in [4.78, 5) is 4.49. The van der Waals surface area contributed by atoms with Crippen molar-refractivity contribution in [3.8, 4) is 0 Å². The van der Waals surface area contributed by atoms with Gasteiger partial charge >= 0.3 is 0 Å². The van der Waals surface area contributed by atoms with Gasteiger partial charge in [-0.3, -0.25) is 0 Å². The normalized spacial score (nSPS) is 12.9. The van der Waals surface area contributed by atoms with Crippen molar-refractivity contribution in [2.24, 2.45) is 0 Å². The molecule has 1 unspecified atom stereocenters. The standard InChI is InChI=1S/C14H13BrN2O2/c1-16-11(9-6-7-18-14(9)15)8-13-17-10-4-2-3-5-12(10)19-13/h2-7,11,16H,8H2,1H3. The molecule has 3 rings (SSSR count). The summed E-state index contributed by atoms with van der Waals surface area (Å²) in [6, 6.07) is 9.81. The van der Waals surface area contributed by atoms with Gasteiger partial charge < -0.3 is 14.2 Å². The molecule has 0 saturated heterocycles. The van der Waals surface area contributed by atoms with Crippen molar-refractivity contribution in [3.63, 3.8) is 0 Å². The highest BCUT2D eigenvalue weighted by Crippen LogP contribution is 2.27. The van der Waals surface area contributed by atoms with Crippen LogP contribution in [-0.4, -0.2) is 12.0 Å². The first kappa shape index (κ1) is 12.4. The number of halogens is 1. The highest BCUT2D eigenvalue weighted by atomic mass is 79.9. The van der Waals surface area contributed by atoms with Crippen molar-refractivity contribution < 1.29 is 8.83 Å². The number of likely N-dealkylation sites (N-methyl/N-ethyl adjacent to an activating group) is 1. The molecule has 0 radical (unpaired) electrons. The summed E-state index contributed by atoms with van der Waals surface area (Å²) in [6.45, 7) is 0. The van der Waals surface area contributed by atoms with Crippen molar-refractivity contribution in [1.82, 2.24) is 10.3 Å². The first-order valence-electron chi connectivity index (χ1n) is 6.02. The van der Waals surface area contributed by atoms with Crippen molar-refractivity contribution >= 4 is 27.0 Å². The van der Waals surface area contributed by atoms with Crippen molar-refractivity contribution in [3.05, 3.63) is 52.7 Å². The van der Waals surface area contributed by atoms with E-state index in [1.54, 1.807) is 6.26 Å². The first-order valence-corrected chi connectivity index (χ1v) is 6.82. The summed E-state index contributed by atoms with van der Waals surface area (Å²) in [6.07, 6.45) is 2.33. The minimum atomic E-state index is 0.0983. The van der Waals surface area contributed by atoms with Gasteiger partial charge in [-0.2, -0.15) is 0 Å². The number of oxazole rings is 1. The van der Waals surface area contributed by atoms with E-state index in [0.29, 0.717) is 12.3 Å². The molecular weight excluding hydrogens is 308 g/mol. The summed E-state index contributed by atoms with van der Waals surface area (Å²) in [7, 11) is 1.91. The van der Waals surface area contributed by atoms with Gasteiger partial charge in [-0.1, -0.05) is 12.1 Å². The van der Waals surface area contributed by atoms with Crippen molar-refractivity contribution in [2.75, 3.05) is 7.05 Å². The van der Waals surface area contributed by atoms with Crippen LogP contribution >= 0.6 is 15.9 Å². The van der Waals surface area contributed by atoms with E-state index in [9.17, 15) is 0 Å². The molecule has 1 N–H and O–H groups in total. The zero-order valence-corrected chi connectivity index (χ0v) is 12.0. The summed E-state index contributed by atoms with van der Waals surface area (Å²) < 4.78 is 11.7. The maximum Gasteiger partial charge on any atom is 0.197 e. The molecule has 4 nitrogen and oxygen atoms in total. The molecule has 2 aromatic heterocycles. The summed E-state index contributed by atoms with van der Waals surface area (Å²) >= 11 is 3.40. The largest absolute Gasteiger partial charge is 0.457 e. The highest BCUT2D eigenvalue weighted by molar-refractivity contribution is 9.10. The maximum absolute atomic E-state index is 5.74. The van der Waals surface area contributed by atoms with Crippen LogP contribution in [0.25, 0.3) is 11.1 Å². The van der Waals surface area contributed by atoms with E-state index in [0.717, 1.165) is 21.3 Å². The van der Waals surface area contributed by atoms with E-state index in [-0.39, 0.29) is 6.04 Å². The average molecular weight is 321 g/mol. The lowest BCUT2D eigenvalue weighted by molar-refractivity contribution is 0.465. The fourth-order valence-electron chi connectivity index (χ4n) is 2.10. The predicted molar refractivity (Wildman–Crippen MR) is 75.9 cm³/mol. The molecule has 5 heteroatoms. The molecule has 0 fully saturated rings. The lowest BCUT2D eigenvalue weighted by Crippen LogP contribution is -2.18. The quantitative estimate of drug-likeness (QED) is 0.796. The Morgan fingerprint density at radius 3 is 2.84 bits per heavy atom. The Bertz CT molecular complexity index is 656. The average Bonchev–Trinajstić information content (AvgIpc) is 3.01. The zero-order chi connectivity index (χ0) is 13.2. The zero-order valence-electron chi connectivity index (χ0n) is 10.4. The molecular formula is C14H13BrN2O2. The number of fused-ring (bicyclic) bond motifs is 1. The van der Waals surface area contributed by atoms with Crippen LogP contribution in [0.5, 0.6) is 0 Å². The third kappa shape index (κ3) is 2.43. The van der Waals surface area contributed by atoms with Gasteiger partial charge in [0.1, 0.15) is 5.52 Å². The Labute approximate surface area is 118 Å². The van der Waals surface area contributed by atoms with Crippen LogP contribution < -0.4 is 5.32 Å². The second-order valence-corrected chi connectivity index (χ2v) is 4.99. The molecule has 2 heterocycles. The van der Waals surface area contributed by atoms with Crippen LogP contribution in [0.3, 0.4) is 0 Å². The van der Waals surface area contributed by atoms with E-state index in [1.165, 1.54) is 0 Å². The summed E-state index contributed by atoms with van der Waals surface area (Å²) in [5.41, 5.74) is 2.77. The molecule has 0 aliphatic rings. The Balaban J connectivity index is 1.88. The summed E-state index contributed by atoms with van der Waals surface area (Å²) in [5.74, 6) is 0.716. The van der Waals surface area contributed by atoms with Gasteiger partial charge in [-0.15, -0.1) is 0 Å². The minimum Gasteiger partial charge on any atom is -0.457 e. The van der Waals surface area contributed by atoms with Crippen LogP contribution in [0.1, 0.15) is 17.5 Å². The first-order chi connectivity index (χ1) is 9.28. The van der Waals surface area contributed by atoms with Gasteiger partial charge in [0.25, 0.3) is 0 Å². The Morgan fingerprint density at radius 1 is 1.32 bits per heavy atom. The van der Waals surface area contributed by atoms with Crippen molar-refractivity contribution in [2.45, 2.75) is 12.5 Å². The number of hydrogen-bond acceptors (Lipinski definition) is 4. The van der Waals surface area contributed by atoms with Crippen LogP contribution in [0, 0.1) is 0 Å². The molecule has 1 aromatic carbocycles. The van der Waals surface area contributed by atoms with E-state index in [2.05, 4.69) is 26.2 Å². The number of para-hydroxylation sites is 2. The van der Waals surface area contributed by atoms with E-state index < -0.39 is 0 Å². The SMILES string of the molecule is CNC(Cc1nc2ccccc2o1)c1ccoc1Br. The van der Waals surface area contributed by atoms with Crippen LogP contribution in [0.15, 0.2) is 50.1 Å². The smallest absolute Gasteiger partial charge is 0.197 e. The fourth-order valence-corrected chi connectivity index (χ4v) is 2.62. The van der Waals surface area contributed by atoms with Crippen LogP contribution in [0.4, 0.5) is 0 Å². The third-order valence-electron chi connectivity index (χ3n) is 3.09. The van der Waals surface area contributed by atoms with Gasteiger partial charge in [0, 0.05) is 18.0 Å². The second-order valence-electron chi connectivity index (χ2n) is 4.27. The molecule has 1 atom stereocenters. The molecule has 19 heavy (non-hydrogen) atoms. The molecule has 0 aliphatic heterocycles. The molecule has 98 valence electrons. The molecule has 3 aromatic rings.